The Morgan fingerprint density at radius 2 is 0.944 bits per heavy atom. The van der Waals surface area contributed by atoms with Gasteiger partial charge >= 0.3 is 0 Å². The summed E-state index contributed by atoms with van der Waals surface area (Å²) in [6, 6.07) is 15.9. The molecule has 2 aromatic carbocycles. The quantitative estimate of drug-likeness (QED) is 0.617. The van der Waals surface area contributed by atoms with Crippen molar-refractivity contribution in [2.24, 2.45) is 0 Å². The van der Waals surface area contributed by atoms with E-state index < -0.39 is 0 Å². The fraction of sp³-hybridized carbons (Fsp3) is 0.250. The Bertz CT molecular complexity index is 412. The van der Waals surface area contributed by atoms with Gasteiger partial charge in [-0.1, -0.05) is 68.2 Å². The zero-order valence-corrected chi connectivity index (χ0v) is 12.5. The highest BCUT2D eigenvalue weighted by Crippen LogP contribution is 2.26. The molecule has 0 radical (unpaired) electrons. The Hall–Kier alpha value is -0.980. The van der Waals surface area contributed by atoms with Crippen molar-refractivity contribution in [3.63, 3.8) is 0 Å². The summed E-state index contributed by atoms with van der Waals surface area (Å²) in [5.41, 5.74) is 2.51. The zero-order valence-electron chi connectivity index (χ0n) is 11.0. The molecule has 96 valence electrons. The number of hydrogen-bond acceptors (Lipinski definition) is 0. The Morgan fingerprint density at radius 1 is 0.667 bits per heavy atom. The van der Waals surface area contributed by atoms with E-state index in [9.17, 15) is 0 Å². The summed E-state index contributed by atoms with van der Waals surface area (Å²) in [4.78, 5) is 0. The van der Waals surface area contributed by atoms with Crippen LogP contribution in [-0.2, 0) is 0 Å². The predicted octanol–water partition coefficient (Wildman–Crippen LogP) is 6.17. The largest absolute Gasteiger partial charge is 0.0843 e. The van der Waals surface area contributed by atoms with E-state index in [1.54, 1.807) is 0 Å². The van der Waals surface area contributed by atoms with E-state index in [1.165, 1.54) is 11.1 Å². The molecule has 0 amide bonds. The lowest BCUT2D eigenvalue weighted by molar-refractivity contribution is 0.922. The van der Waals surface area contributed by atoms with Crippen LogP contribution in [-0.4, -0.2) is 0 Å². The first kappa shape index (κ1) is 15.1. The van der Waals surface area contributed by atoms with Gasteiger partial charge in [0.05, 0.1) is 0 Å². The van der Waals surface area contributed by atoms with Crippen molar-refractivity contribution in [3.8, 4) is 0 Å². The third-order valence-corrected chi connectivity index (χ3v) is 3.24. The molecule has 18 heavy (non-hydrogen) atoms. The Labute approximate surface area is 120 Å². The average Bonchev–Trinajstić information content (AvgIpc) is 2.42. The van der Waals surface area contributed by atoms with E-state index in [2.05, 4.69) is 31.2 Å². The lowest BCUT2D eigenvalue weighted by atomic mass is 9.93. The topological polar surface area (TPSA) is 0 Å². The molecule has 0 aliphatic heterocycles. The SMILES string of the molecule is CC.CC(c1ccc(Cl)cc1)c1ccc(Cl)cc1. The maximum Gasteiger partial charge on any atom is 0.0406 e. The first-order valence-electron chi connectivity index (χ1n) is 6.18. The Balaban J connectivity index is 0.000000771. The van der Waals surface area contributed by atoms with Gasteiger partial charge in [0.25, 0.3) is 0 Å². The molecule has 0 aromatic heterocycles. The first-order chi connectivity index (χ1) is 8.66. The van der Waals surface area contributed by atoms with Gasteiger partial charge in [0.15, 0.2) is 0 Å². The van der Waals surface area contributed by atoms with Crippen molar-refractivity contribution in [2.75, 3.05) is 0 Å². The van der Waals surface area contributed by atoms with Gasteiger partial charge in [-0.2, -0.15) is 0 Å². The van der Waals surface area contributed by atoms with Gasteiger partial charge < -0.3 is 0 Å². The molecule has 0 atom stereocenters. The first-order valence-corrected chi connectivity index (χ1v) is 6.93. The molecule has 0 aliphatic carbocycles. The smallest absolute Gasteiger partial charge is 0.0406 e. The highest BCUT2D eigenvalue weighted by atomic mass is 35.5. The molecule has 0 heterocycles. The van der Waals surface area contributed by atoms with Crippen LogP contribution in [0.5, 0.6) is 0 Å². The molecule has 0 spiro atoms. The fourth-order valence-electron chi connectivity index (χ4n) is 1.70. The summed E-state index contributed by atoms with van der Waals surface area (Å²) in [5.74, 6) is 0.356. The second-order valence-electron chi connectivity index (χ2n) is 3.82. The highest BCUT2D eigenvalue weighted by Gasteiger charge is 2.07. The normalized spacial score (nSPS) is 9.89. The van der Waals surface area contributed by atoms with E-state index in [4.69, 9.17) is 23.2 Å². The van der Waals surface area contributed by atoms with E-state index in [0.29, 0.717) is 5.92 Å². The molecule has 0 fully saturated rings. The minimum Gasteiger partial charge on any atom is -0.0843 e. The summed E-state index contributed by atoms with van der Waals surface area (Å²) in [5, 5.41) is 1.54. The molecular formula is C16H18Cl2. The summed E-state index contributed by atoms with van der Waals surface area (Å²) in [6.07, 6.45) is 0. The van der Waals surface area contributed by atoms with Gasteiger partial charge in [0.1, 0.15) is 0 Å². The fourth-order valence-corrected chi connectivity index (χ4v) is 1.95. The summed E-state index contributed by atoms with van der Waals surface area (Å²) in [7, 11) is 0. The molecule has 2 rings (SSSR count). The van der Waals surface area contributed by atoms with E-state index in [-0.39, 0.29) is 0 Å². The second-order valence-corrected chi connectivity index (χ2v) is 4.70. The lowest BCUT2D eigenvalue weighted by Gasteiger charge is -2.12. The van der Waals surface area contributed by atoms with Crippen molar-refractivity contribution in [1.29, 1.82) is 0 Å². The van der Waals surface area contributed by atoms with Crippen molar-refractivity contribution in [2.45, 2.75) is 26.7 Å². The van der Waals surface area contributed by atoms with Crippen LogP contribution in [0.15, 0.2) is 48.5 Å². The van der Waals surface area contributed by atoms with Crippen molar-refractivity contribution < 1.29 is 0 Å². The van der Waals surface area contributed by atoms with Gasteiger partial charge in [0.2, 0.25) is 0 Å². The molecule has 0 nitrogen and oxygen atoms in total. The van der Waals surface area contributed by atoms with Crippen LogP contribution in [0.25, 0.3) is 0 Å². The molecule has 0 bridgehead atoms. The summed E-state index contributed by atoms with van der Waals surface area (Å²) < 4.78 is 0. The van der Waals surface area contributed by atoms with Crippen LogP contribution in [0, 0.1) is 0 Å². The standard InChI is InChI=1S/C14H12Cl2.C2H6/c1-10(11-2-6-13(15)7-3-11)12-4-8-14(16)9-5-12;1-2/h2-10H,1H3;1-2H3. The molecular weight excluding hydrogens is 263 g/mol. The minimum atomic E-state index is 0.356. The number of benzene rings is 2. The monoisotopic (exact) mass is 280 g/mol. The number of rotatable bonds is 2. The highest BCUT2D eigenvalue weighted by molar-refractivity contribution is 6.30. The lowest BCUT2D eigenvalue weighted by Crippen LogP contribution is -1.95. The number of halogens is 2. The maximum atomic E-state index is 5.87. The van der Waals surface area contributed by atoms with Crippen LogP contribution in [0.3, 0.4) is 0 Å². The van der Waals surface area contributed by atoms with Gasteiger partial charge in [0, 0.05) is 16.0 Å². The molecule has 0 N–H and O–H groups in total. The van der Waals surface area contributed by atoms with Crippen LogP contribution >= 0.6 is 23.2 Å². The molecule has 0 saturated carbocycles. The summed E-state index contributed by atoms with van der Waals surface area (Å²) >= 11 is 11.7. The Kier molecular flexibility index (Phi) is 6.24. The molecule has 2 heteroatoms. The maximum absolute atomic E-state index is 5.87. The second kappa shape index (κ2) is 7.45. The molecule has 0 aliphatic rings. The van der Waals surface area contributed by atoms with Crippen LogP contribution in [0.1, 0.15) is 37.8 Å². The third kappa shape index (κ3) is 4.04. The third-order valence-electron chi connectivity index (χ3n) is 2.74. The van der Waals surface area contributed by atoms with E-state index >= 15 is 0 Å². The summed E-state index contributed by atoms with van der Waals surface area (Å²) in [6.45, 7) is 6.17. The molecule has 0 unspecified atom stereocenters. The van der Waals surface area contributed by atoms with Crippen molar-refractivity contribution in [1.82, 2.24) is 0 Å². The number of hydrogen-bond donors (Lipinski definition) is 0. The van der Waals surface area contributed by atoms with E-state index in [0.717, 1.165) is 10.0 Å². The van der Waals surface area contributed by atoms with Gasteiger partial charge in [-0.3, -0.25) is 0 Å². The van der Waals surface area contributed by atoms with Gasteiger partial charge in [-0.25, -0.2) is 0 Å². The zero-order chi connectivity index (χ0) is 13.5. The predicted molar refractivity (Wildman–Crippen MR) is 81.8 cm³/mol. The van der Waals surface area contributed by atoms with E-state index in [1.807, 2.05) is 38.1 Å². The molecule has 0 saturated heterocycles. The van der Waals surface area contributed by atoms with Crippen molar-refractivity contribution in [3.05, 3.63) is 69.7 Å². The molecule has 2 aromatic rings. The average molecular weight is 281 g/mol. The van der Waals surface area contributed by atoms with Crippen LogP contribution in [0.2, 0.25) is 10.0 Å². The van der Waals surface area contributed by atoms with Gasteiger partial charge in [-0.15, -0.1) is 0 Å². The minimum absolute atomic E-state index is 0.356. The Morgan fingerprint density at radius 3 is 1.22 bits per heavy atom. The van der Waals surface area contributed by atoms with Gasteiger partial charge in [-0.05, 0) is 35.4 Å². The van der Waals surface area contributed by atoms with Crippen LogP contribution < -0.4 is 0 Å². The van der Waals surface area contributed by atoms with Crippen molar-refractivity contribution >= 4 is 23.2 Å². The van der Waals surface area contributed by atoms with Crippen LogP contribution in [0.4, 0.5) is 0 Å².